The van der Waals surface area contributed by atoms with E-state index in [9.17, 15) is 35.1 Å². The van der Waals surface area contributed by atoms with Gasteiger partial charge in [-0.2, -0.15) is 8.78 Å². The molecule has 0 aliphatic carbocycles. The molecule has 0 saturated heterocycles. The second-order valence-electron chi connectivity index (χ2n) is 8.88. The van der Waals surface area contributed by atoms with Crippen LogP contribution in [0.4, 0.5) is 35.1 Å². The lowest BCUT2D eigenvalue weighted by atomic mass is 10.0. The Labute approximate surface area is 225 Å². The Kier molecular flexibility index (Phi) is 8.48. The molecule has 1 nitrogen and oxygen atoms in total. The highest BCUT2D eigenvalue weighted by Crippen LogP contribution is 2.36. The Hall–Kier alpha value is -4.32. The number of hydrogen-bond donors (Lipinski definition) is 0. The molecule has 0 unspecified atom stereocenters. The summed E-state index contributed by atoms with van der Waals surface area (Å²) in [4.78, 5) is 0. The number of ether oxygens (including phenoxy) is 1. The molecule has 0 aromatic heterocycles. The fourth-order valence-corrected chi connectivity index (χ4v) is 3.88. The van der Waals surface area contributed by atoms with Crippen LogP contribution in [0.3, 0.4) is 0 Å². The average Bonchev–Trinajstić information content (AvgIpc) is 2.89. The zero-order valence-electron chi connectivity index (χ0n) is 20.9. The van der Waals surface area contributed by atoms with Crippen LogP contribution in [0, 0.1) is 46.7 Å². The monoisotopic (exact) mass is 560 g/mol. The molecule has 9 heteroatoms. The van der Waals surface area contributed by atoms with E-state index in [0.29, 0.717) is 12.1 Å². The van der Waals surface area contributed by atoms with E-state index in [4.69, 9.17) is 0 Å². The molecule has 0 N–H and O–H groups in total. The van der Waals surface area contributed by atoms with Crippen molar-refractivity contribution in [3.05, 3.63) is 124 Å². The molecule has 4 aromatic rings. The minimum absolute atomic E-state index is 0.0957. The summed E-state index contributed by atoms with van der Waals surface area (Å²) in [6.07, 6.45) is -1.75. The molecule has 0 radical (unpaired) electrons. The first-order valence-electron chi connectivity index (χ1n) is 12.1. The molecule has 206 valence electrons. The first-order chi connectivity index (χ1) is 19.0. The fraction of sp³-hybridized carbons (Fsp3) is 0.161. The molecule has 0 spiro atoms. The van der Waals surface area contributed by atoms with Crippen molar-refractivity contribution in [2.24, 2.45) is 0 Å². The third-order valence-electron chi connectivity index (χ3n) is 5.96. The van der Waals surface area contributed by atoms with Gasteiger partial charge in [0.05, 0.1) is 11.1 Å². The zero-order valence-corrected chi connectivity index (χ0v) is 20.9. The first kappa shape index (κ1) is 28.7. The first-order valence-corrected chi connectivity index (χ1v) is 12.1. The maximum absolute atomic E-state index is 14.8. The van der Waals surface area contributed by atoms with Crippen LogP contribution in [0.1, 0.15) is 42.0 Å². The summed E-state index contributed by atoms with van der Waals surface area (Å²) >= 11 is 0. The van der Waals surface area contributed by atoms with Crippen molar-refractivity contribution < 1.29 is 39.9 Å². The number of halogens is 8. The lowest BCUT2D eigenvalue weighted by molar-refractivity contribution is -0.187. The van der Waals surface area contributed by atoms with Gasteiger partial charge in [-0.15, -0.1) is 0 Å². The Morgan fingerprint density at radius 3 is 2.05 bits per heavy atom. The van der Waals surface area contributed by atoms with Gasteiger partial charge in [0.2, 0.25) is 0 Å². The second-order valence-corrected chi connectivity index (χ2v) is 8.88. The van der Waals surface area contributed by atoms with Gasteiger partial charge < -0.3 is 4.74 Å². The summed E-state index contributed by atoms with van der Waals surface area (Å²) in [5.41, 5.74) is -0.340. The predicted octanol–water partition coefficient (Wildman–Crippen LogP) is 9.06. The van der Waals surface area contributed by atoms with E-state index < -0.39 is 52.3 Å². The molecule has 0 atom stereocenters. The average molecular weight is 560 g/mol. The quantitative estimate of drug-likeness (QED) is 0.125. The van der Waals surface area contributed by atoms with E-state index in [1.54, 1.807) is 12.1 Å². The molecule has 0 heterocycles. The molecule has 0 aliphatic rings. The van der Waals surface area contributed by atoms with Gasteiger partial charge in [0.1, 0.15) is 23.2 Å². The van der Waals surface area contributed by atoms with Gasteiger partial charge in [0.25, 0.3) is 0 Å². The number of alkyl halides is 2. The van der Waals surface area contributed by atoms with Crippen molar-refractivity contribution in [1.82, 2.24) is 0 Å². The van der Waals surface area contributed by atoms with Gasteiger partial charge >= 0.3 is 6.11 Å². The smallest absolute Gasteiger partial charge is 0.429 e. The van der Waals surface area contributed by atoms with Crippen LogP contribution in [-0.4, -0.2) is 0 Å². The van der Waals surface area contributed by atoms with E-state index in [2.05, 4.69) is 16.6 Å². The van der Waals surface area contributed by atoms with Crippen molar-refractivity contribution in [3.8, 4) is 28.7 Å². The summed E-state index contributed by atoms with van der Waals surface area (Å²) in [5.74, 6) is -4.01. The molecule has 0 saturated carbocycles. The minimum Gasteiger partial charge on any atom is -0.429 e. The SMILES string of the molecule is CCCCc1ccc(C#Cc2ccc(-c3ccc(C(F)(F)Oc4cc(F)c(F)c(F)c4)c(F)c3)c(F)c2)c(F)c1. The maximum Gasteiger partial charge on any atom is 0.429 e. The topological polar surface area (TPSA) is 9.23 Å². The van der Waals surface area contributed by atoms with Crippen LogP contribution >= 0.6 is 0 Å². The van der Waals surface area contributed by atoms with E-state index in [-0.39, 0.29) is 34.4 Å². The lowest BCUT2D eigenvalue weighted by Crippen LogP contribution is -2.23. The van der Waals surface area contributed by atoms with E-state index in [1.807, 2.05) is 6.92 Å². The molecule has 0 amide bonds. The van der Waals surface area contributed by atoms with Gasteiger partial charge in [0.15, 0.2) is 17.5 Å². The predicted molar refractivity (Wildman–Crippen MR) is 134 cm³/mol. The van der Waals surface area contributed by atoms with Crippen molar-refractivity contribution in [1.29, 1.82) is 0 Å². The van der Waals surface area contributed by atoms with Gasteiger partial charge in [-0.05, 0) is 60.4 Å². The van der Waals surface area contributed by atoms with Crippen LogP contribution in [0.25, 0.3) is 11.1 Å². The van der Waals surface area contributed by atoms with Crippen LogP contribution in [0.2, 0.25) is 0 Å². The van der Waals surface area contributed by atoms with Crippen molar-refractivity contribution >= 4 is 0 Å². The van der Waals surface area contributed by atoms with Crippen molar-refractivity contribution in [3.63, 3.8) is 0 Å². The van der Waals surface area contributed by atoms with Gasteiger partial charge in [0, 0.05) is 23.3 Å². The van der Waals surface area contributed by atoms with Gasteiger partial charge in [-0.1, -0.05) is 43.4 Å². The fourth-order valence-electron chi connectivity index (χ4n) is 3.88. The molecule has 40 heavy (non-hydrogen) atoms. The van der Waals surface area contributed by atoms with Crippen molar-refractivity contribution in [2.45, 2.75) is 32.3 Å². The number of aryl methyl sites for hydroxylation is 1. The second kappa shape index (κ2) is 11.8. The van der Waals surface area contributed by atoms with Gasteiger partial charge in [-0.25, -0.2) is 26.3 Å². The van der Waals surface area contributed by atoms with E-state index in [1.165, 1.54) is 18.2 Å². The van der Waals surface area contributed by atoms with E-state index >= 15 is 0 Å². The number of unbranched alkanes of at least 4 members (excludes halogenated alkanes) is 1. The highest BCUT2D eigenvalue weighted by atomic mass is 19.3. The van der Waals surface area contributed by atoms with Crippen LogP contribution < -0.4 is 4.74 Å². The Bertz CT molecular complexity index is 1590. The molecule has 0 fully saturated rings. The van der Waals surface area contributed by atoms with Crippen LogP contribution in [-0.2, 0) is 12.5 Å². The normalized spacial score (nSPS) is 11.2. The number of hydrogen-bond acceptors (Lipinski definition) is 1. The third kappa shape index (κ3) is 6.45. The lowest BCUT2D eigenvalue weighted by Gasteiger charge is -2.19. The van der Waals surface area contributed by atoms with Crippen molar-refractivity contribution in [2.75, 3.05) is 0 Å². The number of benzene rings is 4. The zero-order chi connectivity index (χ0) is 29.0. The Morgan fingerprint density at radius 1 is 0.700 bits per heavy atom. The molecular weight excluding hydrogens is 540 g/mol. The Morgan fingerprint density at radius 2 is 1.43 bits per heavy atom. The molecule has 4 aromatic carbocycles. The molecule has 0 aliphatic heterocycles. The standard InChI is InChI=1S/C31H20F8O/c1-2-3-4-18-5-8-20(25(32)13-18)9-6-19-7-11-23(26(33)14-19)21-10-12-24(27(34)15-21)31(38,39)40-22-16-28(35)30(37)29(36)17-22/h5,7-8,10-17H,2-4H2,1H3. The van der Waals surface area contributed by atoms with Crippen LogP contribution in [0.15, 0.2) is 66.7 Å². The van der Waals surface area contributed by atoms with Gasteiger partial charge in [-0.3, -0.25) is 0 Å². The maximum atomic E-state index is 14.8. The highest BCUT2D eigenvalue weighted by molar-refractivity contribution is 5.66. The largest absolute Gasteiger partial charge is 0.429 e. The minimum atomic E-state index is -4.40. The Balaban J connectivity index is 1.54. The summed E-state index contributed by atoms with van der Waals surface area (Å²) < 4.78 is 117. The molecular formula is C31H20F8O. The summed E-state index contributed by atoms with van der Waals surface area (Å²) in [7, 11) is 0. The number of rotatable bonds is 7. The highest BCUT2D eigenvalue weighted by Gasteiger charge is 2.38. The summed E-state index contributed by atoms with van der Waals surface area (Å²) in [5, 5.41) is 0. The summed E-state index contributed by atoms with van der Waals surface area (Å²) in [6, 6.07) is 11.1. The third-order valence-corrected chi connectivity index (χ3v) is 5.96. The van der Waals surface area contributed by atoms with Crippen LogP contribution in [0.5, 0.6) is 5.75 Å². The summed E-state index contributed by atoms with van der Waals surface area (Å²) in [6.45, 7) is 2.03. The van der Waals surface area contributed by atoms with E-state index in [0.717, 1.165) is 37.0 Å². The molecule has 0 bridgehead atoms. The molecule has 4 rings (SSSR count).